The highest BCUT2D eigenvalue weighted by Gasteiger charge is 2.37. The molecule has 204 valence electrons. The van der Waals surface area contributed by atoms with Crippen LogP contribution in [0.25, 0.3) is 22.8 Å². The van der Waals surface area contributed by atoms with Crippen molar-refractivity contribution in [3.8, 4) is 22.8 Å². The summed E-state index contributed by atoms with van der Waals surface area (Å²) in [6, 6.07) is 14.7. The molecule has 0 radical (unpaired) electrons. The first-order valence-corrected chi connectivity index (χ1v) is 14.3. The maximum atomic E-state index is 10.3. The van der Waals surface area contributed by atoms with Crippen molar-refractivity contribution < 1.29 is 19.1 Å². The molecule has 0 aliphatic carbocycles. The summed E-state index contributed by atoms with van der Waals surface area (Å²) in [5, 5.41) is 14.5. The Bertz CT molecular complexity index is 1200. The Morgan fingerprint density at radius 2 is 1.84 bits per heavy atom. The summed E-state index contributed by atoms with van der Waals surface area (Å²) in [4.78, 5) is 7.06. The topological polar surface area (TPSA) is 80.9 Å². The molecule has 7 nitrogen and oxygen atoms in total. The molecule has 1 fully saturated rings. The van der Waals surface area contributed by atoms with Gasteiger partial charge in [-0.1, -0.05) is 55.9 Å². The highest BCUT2D eigenvalue weighted by atomic mass is 127. The second kappa shape index (κ2) is 13.2. The lowest BCUT2D eigenvalue weighted by molar-refractivity contribution is -0.0161. The summed E-state index contributed by atoms with van der Waals surface area (Å²) >= 11 is 2.38. The zero-order valence-corrected chi connectivity index (χ0v) is 24.7. The van der Waals surface area contributed by atoms with Gasteiger partial charge in [-0.15, -0.1) is 0 Å². The molecule has 38 heavy (non-hydrogen) atoms. The van der Waals surface area contributed by atoms with Crippen molar-refractivity contribution in [2.24, 2.45) is 11.3 Å². The Hall–Kier alpha value is -2.27. The van der Waals surface area contributed by atoms with Crippen molar-refractivity contribution >= 4 is 22.6 Å². The Morgan fingerprint density at radius 1 is 1.13 bits per heavy atom. The average Bonchev–Trinajstić information content (AvgIpc) is 3.39. The SMILES string of the molecule is C=C(O)C1(COCCOC)CCN(Cc2ccc(-c3noc(-c4ccc(CC(C)C)c(I)c4)n3)cc2)CC1. The lowest BCUT2D eigenvalue weighted by Gasteiger charge is -2.41. The Balaban J connectivity index is 1.34. The van der Waals surface area contributed by atoms with Crippen LogP contribution in [-0.4, -0.2) is 60.2 Å². The first-order chi connectivity index (χ1) is 18.3. The van der Waals surface area contributed by atoms with Gasteiger partial charge >= 0.3 is 0 Å². The second-order valence-electron chi connectivity index (χ2n) is 10.6. The number of piperidine rings is 1. The minimum atomic E-state index is -0.378. The third kappa shape index (κ3) is 7.22. The summed E-state index contributed by atoms with van der Waals surface area (Å²) in [7, 11) is 1.66. The minimum Gasteiger partial charge on any atom is -0.512 e. The molecule has 1 N–H and O–H groups in total. The van der Waals surface area contributed by atoms with Gasteiger partial charge < -0.3 is 19.1 Å². The largest absolute Gasteiger partial charge is 0.512 e. The molecule has 2 aromatic carbocycles. The molecule has 1 aliphatic heterocycles. The summed E-state index contributed by atoms with van der Waals surface area (Å²) in [6.07, 6.45) is 2.69. The van der Waals surface area contributed by atoms with E-state index < -0.39 is 0 Å². The normalized spacial score (nSPS) is 15.7. The van der Waals surface area contributed by atoms with Crippen LogP contribution in [0.15, 0.2) is 59.3 Å². The van der Waals surface area contributed by atoms with Gasteiger partial charge in [0.15, 0.2) is 0 Å². The number of hydrogen-bond donors (Lipinski definition) is 1. The molecule has 0 amide bonds. The Kier molecular flexibility index (Phi) is 9.97. The maximum Gasteiger partial charge on any atom is 0.258 e. The average molecular weight is 632 g/mol. The zero-order valence-electron chi connectivity index (χ0n) is 22.6. The molecule has 0 saturated carbocycles. The van der Waals surface area contributed by atoms with Crippen molar-refractivity contribution in [2.45, 2.75) is 39.7 Å². The van der Waals surface area contributed by atoms with E-state index >= 15 is 0 Å². The fourth-order valence-electron chi connectivity index (χ4n) is 4.83. The highest BCUT2D eigenvalue weighted by Crippen LogP contribution is 2.37. The van der Waals surface area contributed by atoms with Gasteiger partial charge in [0.05, 0.1) is 31.0 Å². The molecule has 4 rings (SSSR count). The summed E-state index contributed by atoms with van der Waals surface area (Å²) in [5.74, 6) is 1.96. The van der Waals surface area contributed by atoms with Crippen LogP contribution in [0.3, 0.4) is 0 Å². The number of benzene rings is 2. The van der Waals surface area contributed by atoms with Crippen molar-refractivity contribution in [1.29, 1.82) is 0 Å². The van der Waals surface area contributed by atoms with Gasteiger partial charge in [-0.05, 0) is 84.1 Å². The molecule has 3 aromatic rings. The predicted molar refractivity (Wildman–Crippen MR) is 158 cm³/mol. The van der Waals surface area contributed by atoms with Gasteiger partial charge in [0.1, 0.15) is 0 Å². The molecule has 0 unspecified atom stereocenters. The molecule has 0 atom stereocenters. The quantitative estimate of drug-likeness (QED) is 0.139. The molecule has 0 spiro atoms. The van der Waals surface area contributed by atoms with Crippen LogP contribution in [0.5, 0.6) is 0 Å². The fraction of sp³-hybridized carbons (Fsp3) is 0.467. The van der Waals surface area contributed by atoms with Crippen molar-refractivity contribution in [1.82, 2.24) is 15.0 Å². The number of aromatic nitrogens is 2. The summed E-state index contributed by atoms with van der Waals surface area (Å²) < 4.78 is 17.6. The lowest BCUT2D eigenvalue weighted by atomic mass is 9.77. The third-order valence-corrected chi connectivity index (χ3v) is 8.21. The van der Waals surface area contributed by atoms with E-state index in [0.717, 1.165) is 50.0 Å². The number of likely N-dealkylation sites (tertiary alicyclic amines) is 1. The van der Waals surface area contributed by atoms with E-state index in [1.54, 1.807) is 7.11 Å². The maximum absolute atomic E-state index is 10.3. The van der Waals surface area contributed by atoms with E-state index in [2.05, 4.69) is 88.4 Å². The van der Waals surface area contributed by atoms with Crippen molar-refractivity contribution in [3.63, 3.8) is 0 Å². The van der Waals surface area contributed by atoms with Crippen LogP contribution in [0, 0.1) is 14.9 Å². The van der Waals surface area contributed by atoms with E-state index in [-0.39, 0.29) is 11.2 Å². The van der Waals surface area contributed by atoms with E-state index in [9.17, 15) is 5.11 Å². The number of nitrogens with zero attached hydrogens (tertiary/aromatic N) is 3. The highest BCUT2D eigenvalue weighted by molar-refractivity contribution is 14.1. The van der Waals surface area contributed by atoms with Crippen LogP contribution in [-0.2, 0) is 22.4 Å². The molecular formula is C30H38IN3O4. The monoisotopic (exact) mass is 631 g/mol. The van der Waals surface area contributed by atoms with Crippen LogP contribution in [0.2, 0.25) is 0 Å². The first-order valence-electron chi connectivity index (χ1n) is 13.2. The zero-order chi connectivity index (χ0) is 27.1. The van der Waals surface area contributed by atoms with Gasteiger partial charge in [0.2, 0.25) is 5.82 Å². The van der Waals surface area contributed by atoms with Crippen LogP contribution >= 0.6 is 22.6 Å². The number of hydrogen-bond acceptors (Lipinski definition) is 7. The summed E-state index contributed by atoms with van der Waals surface area (Å²) in [5.41, 5.74) is 4.05. The molecule has 1 saturated heterocycles. The van der Waals surface area contributed by atoms with Crippen molar-refractivity contribution in [2.75, 3.05) is 40.0 Å². The molecule has 8 heteroatoms. The fourth-order valence-corrected chi connectivity index (χ4v) is 5.56. The van der Waals surface area contributed by atoms with Crippen molar-refractivity contribution in [3.05, 3.63) is 69.5 Å². The number of rotatable bonds is 12. The molecule has 1 aromatic heterocycles. The van der Waals surface area contributed by atoms with Gasteiger partial charge in [-0.3, -0.25) is 4.90 Å². The molecule has 2 heterocycles. The Morgan fingerprint density at radius 3 is 2.47 bits per heavy atom. The van der Waals surface area contributed by atoms with Gasteiger partial charge in [-0.2, -0.15) is 4.98 Å². The second-order valence-corrected chi connectivity index (χ2v) is 11.7. The van der Waals surface area contributed by atoms with Crippen LogP contribution in [0.1, 0.15) is 37.8 Å². The van der Waals surface area contributed by atoms with Gasteiger partial charge in [0, 0.05) is 28.4 Å². The lowest BCUT2D eigenvalue weighted by Crippen LogP contribution is -2.43. The number of aliphatic hydroxyl groups excluding tert-OH is 1. The van der Waals surface area contributed by atoms with Crippen LogP contribution in [0.4, 0.5) is 0 Å². The molecule has 1 aliphatic rings. The van der Waals surface area contributed by atoms with E-state index in [0.29, 0.717) is 37.5 Å². The number of aliphatic hydroxyl groups is 1. The van der Waals surface area contributed by atoms with E-state index in [1.807, 2.05) is 12.1 Å². The third-order valence-electron chi connectivity index (χ3n) is 7.21. The van der Waals surface area contributed by atoms with Gasteiger partial charge in [0.25, 0.3) is 5.89 Å². The first kappa shape index (κ1) is 28.7. The molecule has 0 bridgehead atoms. The summed E-state index contributed by atoms with van der Waals surface area (Å²) in [6.45, 7) is 12.4. The number of methoxy groups -OCH3 is 1. The number of halogens is 1. The van der Waals surface area contributed by atoms with Gasteiger partial charge in [-0.25, -0.2) is 0 Å². The number of ether oxygens (including phenoxy) is 2. The predicted octanol–water partition coefficient (Wildman–Crippen LogP) is 6.52. The van der Waals surface area contributed by atoms with E-state index in [4.69, 9.17) is 14.0 Å². The Labute approximate surface area is 239 Å². The standard InChI is InChI=1S/C30H38IN3O4/c1-21(2)17-25-9-10-26(18-27(25)31)29-32-28(33-38-29)24-7-5-23(6-8-24)19-34-13-11-30(12-14-34,22(3)35)20-37-16-15-36-4/h5-10,18,21,35H,3,11-17,19-20H2,1-2,4H3. The molecular weight excluding hydrogens is 593 g/mol. The van der Waals surface area contributed by atoms with Crippen LogP contribution < -0.4 is 0 Å². The minimum absolute atomic E-state index is 0.222. The van der Waals surface area contributed by atoms with E-state index in [1.165, 1.54) is 14.7 Å². The smallest absolute Gasteiger partial charge is 0.258 e.